The average molecular weight is 290 g/mol. The van der Waals surface area contributed by atoms with E-state index in [1.165, 1.54) is 29.6 Å². The molecule has 1 aromatic carbocycles. The van der Waals surface area contributed by atoms with Crippen molar-refractivity contribution < 1.29 is 9.53 Å². The number of hydrogen-bond acceptors (Lipinski definition) is 5. The Kier molecular flexibility index (Phi) is 4.39. The van der Waals surface area contributed by atoms with Crippen molar-refractivity contribution in [3.63, 3.8) is 0 Å². The standard InChI is InChI=1S/C15H18N2O2S/c1-9-7-5-6-8-12(9)10(2)16-15-17-13(11(3)20-15)14(18)19-4/h5-8,10H,1-4H3,(H,16,17). The lowest BCUT2D eigenvalue weighted by Crippen LogP contribution is -2.08. The summed E-state index contributed by atoms with van der Waals surface area (Å²) < 4.78 is 4.72. The topological polar surface area (TPSA) is 51.2 Å². The van der Waals surface area contributed by atoms with E-state index in [9.17, 15) is 4.79 Å². The van der Waals surface area contributed by atoms with Gasteiger partial charge in [-0.15, -0.1) is 11.3 Å². The Morgan fingerprint density at radius 1 is 1.35 bits per heavy atom. The molecule has 20 heavy (non-hydrogen) atoms. The van der Waals surface area contributed by atoms with Crippen LogP contribution in [0.4, 0.5) is 5.13 Å². The van der Waals surface area contributed by atoms with Gasteiger partial charge in [-0.2, -0.15) is 0 Å². The maximum Gasteiger partial charge on any atom is 0.357 e. The summed E-state index contributed by atoms with van der Waals surface area (Å²) >= 11 is 1.46. The highest BCUT2D eigenvalue weighted by atomic mass is 32.1. The Morgan fingerprint density at radius 2 is 2.05 bits per heavy atom. The lowest BCUT2D eigenvalue weighted by molar-refractivity contribution is 0.0594. The highest BCUT2D eigenvalue weighted by Gasteiger charge is 2.17. The van der Waals surface area contributed by atoms with Gasteiger partial charge in [0.05, 0.1) is 13.2 Å². The third-order valence-corrected chi connectivity index (χ3v) is 4.07. The molecule has 1 aromatic heterocycles. The molecule has 0 bridgehead atoms. The van der Waals surface area contributed by atoms with E-state index in [2.05, 4.69) is 36.3 Å². The third kappa shape index (κ3) is 2.99. The second-order valence-corrected chi connectivity index (χ2v) is 5.84. The van der Waals surface area contributed by atoms with Crippen LogP contribution in [-0.2, 0) is 4.74 Å². The quantitative estimate of drug-likeness (QED) is 0.872. The van der Waals surface area contributed by atoms with E-state index in [1.54, 1.807) is 0 Å². The molecule has 0 aliphatic rings. The van der Waals surface area contributed by atoms with Crippen molar-refractivity contribution in [1.82, 2.24) is 4.98 Å². The van der Waals surface area contributed by atoms with Crippen molar-refractivity contribution in [3.8, 4) is 0 Å². The number of esters is 1. The zero-order chi connectivity index (χ0) is 14.7. The molecule has 0 aliphatic carbocycles. The van der Waals surface area contributed by atoms with Crippen LogP contribution in [0.2, 0.25) is 0 Å². The summed E-state index contributed by atoms with van der Waals surface area (Å²) in [4.78, 5) is 16.7. The van der Waals surface area contributed by atoms with E-state index >= 15 is 0 Å². The fourth-order valence-corrected chi connectivity index (χ4v) is 2.97. The summed E-state index contributed by atoms with van der Waals surface area (Å²) in [5, 5.41) is 4.07. The van der Waals surface area contributed by atoms with Gasteiger partial charge in [-0.3, -0.25) is 0 Å². The van der Waals surface area contributed by atoms with Crippen LogP contribution in [-0.4, -0.2) is 18.1 Å². The first kappa shape index (κ1) is 14.5. The monoisotopic (exact) mass is 290 g/mol. The van der Waals surface area contributed by atoms with E-state index in [1.807, 2.05) is 19.1 Å². The van der Waals surface area contributed by atoms with Crippen LogP contribution in [0, 0.1) is 13.8 Å². The number of hydrogen-bond donors (Lipinski definition) is 1. The minimum atomic E-state index is -0.393. The first-order valence-corrected chi connectivity index (χ1v) is 7.22. The number of nitrogens with zero attached hydrogens (tertiary/aromatic N) is 1. The van der Waals surface area contributed by atoms with Gasteiger partial charge in [0, 0.05) is 4.88 Å². The maximum atomic E-state index is 11.6. The van der Waals surface area contributed by atoms with Gasteiger partial charge >= 0.3 is 5.97 Å². The first-order valence-electron chi connectivity index (χ1n) is 6.40. The minimum Gasteiger partial charge on any atom is -0.464 e. The van der Waals surface area contributed by atoms with Crippen molar-refractivity contribution >= 4 is 22.4 Å². The number of methoxy groups -OCH3 is 1. The Labute approximate surface area is 122 Å². The lowest BCUT2D eigenvalue weighted by atomic mass is 10.0. The van der Waals surface area contributed by atoms with E-state index in [0.717, 1.165) is 10.0 Å². The van der Waals surface area contributed by atoms with Crippen molar-refractivity contribution in [2.75, 3.05) is 12.4 Å². The summed E-state index contributed by atoms with van der Waals surface area (Å²) in [6, 6.07) is 8.35. The van der Waals surface area contributed by atoms with Gasteiger partial charge in [-0.05, 0) is 31.9 Å². The van der Waals surface area contributed by atoms with Gasteiger partial charge in [0.2, 0.25) is 0 Å². The maximum absolute atomic E-state index is 11.6. The van der Waals surface area contributed by atoms with Crippen LogP contribution < -0.4 is 5.32 Å². The Balaban J connectivity index is 2.18. The molecule has 106 valence electrons. The molecule has 0 spiro atoms. The van der Waals surface area contributed by atoms with E-state index in [0.29, 0.717) is 5.69 Å². The number of nitrogens with one attached hydrogen (secondary N) is 1. The number of aryl methyl sites for hydroxylation is 2. The Hall–Kier alpha value is -1.88. The van der Waals surface area contributed by atoms with Crippen LogP contribution in [0.15, 0.2) is 24.3 Å². The van der Waals surface area contributed by atoms with E-state index in [-0.39, 0.29) is 6.04 Å². The van der Waals surface area contributed by atoms with Gasteiger partial charge in [0.1, 0.15) is 0 Å². The van der Waals surface area contributed by atoms with E-state index in [4.69, 9.17) is 4.74 Å². The highest BCUT2D eigenvalue weighted by molar-refractivity contribution is 7.15. The number of carbonyl (C=O) groups is 1. The summed E-state index contributed by atoms with van der Waals surface area (Å²) in [6.45, 7) is 6.03. The molecule has 0 aliphatic heterocycles. The molecular formula is C15H18N2O2S. The zero-order valence-electron chi connectivity index (χ0n) is 12.1. The largest absolute Gasteiger partial charge is 0.464 e. The second-order valence-electron chi connectivity index (χ2n) is 4.64. The predicted molar refractivity (Wildman–Crippen MR) is 81.4 cm³/mol. The Bertz CT molecular complexity index is 622. The number of rotatable bonds is 4. The predicted octanol–water partition coefficient (Wildman–Crippen LogP) is 3.72. The molecule has 2 rings (SSSR count). The van der Waals surface area contributed by atoms with Crippen LogP contribution in [0.5, 0.6) is 0 Å². The SMILES string of the molecule is COC(=O)c1nc(NC(C)c2ccccc2C)sc1C. The van der Waals surface area contributed by atoms with Crippen LogP contribution in [0.1, 0.15) is 39.5 Å². The van der Waals surface area contributed by atoms with Gasteiger partial charge in [0.25, 0.3) is 0 Å². The van der Waals surface area contributed by atoms with Crippen molar-refractivity contribution in [1.29, 1.82) is 0 Å². The van der Waals surface area contributed by atoms with Gasteiger partial charge in [0.15, 0.2) is 10.8 Å². The summed E-state index contributed by atoms with van der Waals surface area (Å²) in [7, 11) is 1.37. The fraction of sp³-hybridized carbons (Fsp3) is 0.333. The molecule has 0 saturated heterocycles. The molecule has 0 fully saturated rings. The number of benzene rings is 1. The summed E-state index contributed by atoms with van der Waals surface area (Å²) in [5.41, 5.74) is 2.84. The molecule has 5 heteroatoms. The fourth-order valence-electron chi connectivity index (χ4n) is 2.08. The second kappa shape index (κ2) is 6.05. The molecule has 0 radical (unpaired) electrons. The number of thiazole rings is 1. The number of anilines is 1. The smallest absolute Gasteiger partial charge is 0.357 e. The molecular weight excluding hydrogens is 272 g/mol. The molecule has 1 atom stereocenters. The Morgan fingerprint density at radius 3 is 2.70 bits per heavy atom. The number of carbonyl (C=O) groups excluding carboxylic acids is 1. The molecule has 1 N–H and O–H groups in total. The van der Waals surface area contributed by atoms with Crippen molar-refractivity contribution in [3.05, 3.63) is 46.0 Å². The lowest BCUT2D eigenvalue weighted by Gasteiger charge is -2.15. The first-order chi connectivity index (χ1) is 9.52. The number of ether oxygens (including phenoxy) is 1. The highest BCUT2D eigenvalue weighted by Crippen LogP contribution is 2.27. The molecule has 2 aromatic rings. The van der Waals surface area contributed by atoms with Crippen LogP contribution in [0.25, 0.3) is 0 Å². The number of aromatic nitrogens is 1. The molecule has 1 heterocycles. The zero-order valence-corrected chi connectivity index (χ0v) is 12.9. The van der Waals surface area contributed by atoms with Crippen LogP contribution in [0.3, 0.4) is 0 Å². The normalized spacial score (nSPS) is 12.0. The van der Waals surface area contributed by atoms with Crippen molar-refractivity contribution in [2.24, 2.45) is 0 Å². The third-order valence-electron chi connectivity index (χ3n) is 3.17. The summed E-state index contributed by atoms with van der Waals surface area (Å²) in [6.07, 6.45) is 0. The molecule has 1 unspecified atom stereocenters. The molecule has 0 saturated carbocycles. The van der Waals surface area contributed by atoms with Crippen LogP contribution >= 0.6 is 11.3 Å². The summed E-state index contributed by atoms with van der Waals surface area (Å²) in [5.74, 6) is -0.393. The van der Waals surface area contributed by atoms with Gasteiger partial charge < -0.3 is 10.1 Å². The van der Waals surface area contributed by atoms with Gasteiger partial charge in [-0.25, -0.2) is 9.78 Å². The molecule has 0 amide bonds. The molecule has 4 nitrogen and oxygen atoms in total. The average Bonchev–Trinajstić information content (AvgIpc) is 2.79. The minimum absolute atomic E-state index is 0.132. The van der Waals surface area contributed by atoms with Gasteiger partial charge in [-0.1, -0.05) is 24.3 Å². The van der Waals surface area contributed by atoms with E-state index < -0.39 is 5.97 Å². The van der Waals surface area contributed by atoms with Crippen molar-refractivity contribution in [2.45, 2.75) is 26.8 Å².